The zero-order valence-electron chi connectivity index (χ0n) is 9.89. The van der Waals surface area contributed by atoms with Crippen LogP contribution in [0.15, 0.2) is 30.3 Å². The molecule has 1 aliphatic carbocycles. The Bertz CT molecular complexity index is 366. The quantitative estimate of drug-likeness (QED) is 0.848. The van der Waals surface area contributed by atoms with Crippen molar-refractivity contribution in [1.29, 1.82) is 0 Å². The van der Waals surface area contributed by atoms with Crippen LogP contribution in [0.1, 0.15) is 12.0 Å². The Balaban J connectivity index is 1.60. The van der Waals surface area contributed by atoms with Crippen LogP contribution in [0.25, 0.3) is 0 Å². The summed E-state index contributed by atoms with van der Waals surface area (Å²) in [5, 5.41) is 2.44. The van der Waals surface area contributed by atoms with Crippen molar-refractivity contribution in [2.24, 2.45) is 5.92 Å². The van der Waals surface area contributed by atoms with E-state index < -0.39 is 0 Å². The Kier molecular flexibility index (Phi) is 3.98. The van der Waals surface area contributed by atoms with Gasteiger partial charge >= 0.3 is 6.09 Å². The zero-order chi connectivity index (χ0) is 12.1. The molecular weight excluding hydrogens is 218 g/mol. The van der Waals surface area contributed by atoms with E-state index in [9.17, 15) is 4.79 Å². The molecule has 17 heavy (non-hydrogen) atoms. The fraction of sp³-hybridized carbons (Fsp3) is 0.462. The van der Waals surface area contributed by atoms with Gasteiger partial charge in [0.15, 0.2) is 0 Å². The van der Waals surface area contributed by atoms with Crippen LogP contribution in [-0.2, 0) is 16.1 Å². The first-order chi connectivity index (χ1) is 8.29. The fourth-order valence-corrected chi connectivity index (χ4v) is 1.64. The molecule has 0 saturated heterocycles. The second-order valence-corrected chi connectivity index (χ2v) is 4.19. The van der Waals surface area contributed by atoms with Gasteiger partial charge in [-0.05, 0) is 12.0 Å². The Morgan fingerprint density at radius 2 is 2.18 bits per heavy atom. The lowest BCUT2D eigenvalue weighted by Crippen LogP contribution is -2.21. The van der Waals surface area contributed by atoms with Gasteiger partial charge in [0, 0.05) is 13.0 Å². The van der Waals surface area contributed by atoms with E-state index >= 15 is 0 Å². The molecule has 1 amide bonds. The minimum Gasteiger partial charge on any atom is -0.446 e. The summed E-state index contributed by atoms with van der Waals surface area (Å²) in [6, 6.07) is 10.0. The molecule has 0 spiro atoms. The predicted octanol–water partition coefficient (Wildman–Crippen LogP) is 1.95. The van der Waals surface area contributed by atoms with Gasteiger partial charge in [-0.1, -0.05) is 30.3 Å². The number of carbonyl (C=O) groups excluding carboxylic acids is 1. The maximum atomic E-state index is 10.9. The third kappa shape index (κ3) is 3.75. The second kappa shape index (κ2) is 5.68. The van der Waals surface area contributed by atoms with Crippen molar-refractivity contribution in [2.75, 3.05) is 13.7 Å². The molecular formula is C13H17NO3. The molecule has 2 unspecified atom stereocenters. The molecule has 0 aromatic heterocycles. The number of carbonyl (C=O) groups is 1. The number of benzene rings is 1. The van der Waals surface area contributed by atoms with Gasteiger partial charge in [0.2, 0.25) is 0 Å². The van der Waals surface area contributed by atoms with Crippen LogP contribution >= 0.6 is 0 Å². The molecule has 1 N–H and O–H groups in total. The van der Waals surface area contributed by atoms with Gasteiger partial charge in [0.05, 0.1) is 13.2 Å². The minimum atomic E-state index is -0.361. The molecule has 1 aromatic carbocycles. The van der Waals surface area contributed by atoms with Crippen molar-refractivity contribution in [3.63, 3.8) is 0 Å². The maximum absolute atomic E-state index is 10.9. The Morgan fingerprint density at radius 3 is 2.88 bits per heavy atom. The topological polar surface area (TPSA) is 47.6 Å². The van der Waals surface area contributed by atoms with E-state index in [2.05, 4.69) is 5.32 Å². The van der Waals surface area contributed by atoms with Crippen molar-refractivity contribution in [2.45, 2.75) is 19.1 Å². The van der Waals surface area contributed by atoms with Crippen LogP contribution in [0, 0.1) is 5.92 Å². The van der Waals surface area contributed by atoms with Crippen LogP contribution in [0.4, 0.5) is 4.79 Å². The average molecular weight is 235 g/mol. The average Bonchev–Trinajstić information content (AvgIpc) is 3.08. The molecule has 4 nitrogen and oxygen atoms in total. The third-order valence-electron chi connectivity index (χ3n) is 2.76. The summed E-state index contributed by atoms with van der Waals surface area (Å²) in [5.41, 5.74) is 1.16. The van der Waals surface area contributed by atoms with E-state index in [1.165, 1.54) is 0 Å². The highest BCUT2D eigenvalue weighted by Crippen LogP contribution is 2.34. The first kappa shape index (κ1) is 11.9. The third-order valence-corrected chi connectivity index (χ3v) is 2.76. The maximum Gasteiger partial charge on any atom is 0.407 e. The smallest absolute Gasteiger partial charge is 0.407 e. The van der Waals surface area contributed by atoms with E-state index in [1.54, 1.807) is 7.05 Å². The zero-order valence-corrected chi connectivity index (χ0v) is 9.89. The van der Waals surface area contributed by atoms with Crippen LogP contribution in [0.2, 0.25) is 0 Å². The molecule has 2 rings (SSSR count). The molecule has 0 heterocycles. The van der Waals surface area contributed by atoms with E-state index in [1.807, 2.05) is 30.3 Å². The van der Waals surface area contributed by atoms with Crippen LogP contribution in [0.5, 0.6) is 0 Å². The first-order valence-electron chi connectivity index (χ1n) is 5.79. The lowest BCUT2D eigenvalue weighted by atomic mass is 10.2. The van der Waals surface area contributed by atoms with Crippen LogP contribution < -0.4 is 5.32 Å². The standard InChI is InChI=1S/C13H17NO3/c1-14-13(15)17-12-7-11(12)9-16-8-10-5-3-2-4-6-10/h2-6,11-12H,7-9H2,1H3,(H,14,15). The molecule has 0 radical (unpaired) electrons. The normalized spacial score (nSPS) is 21.9. The summed E-state index contributed by atoms with van der Waals surface area (Å²) >= 11 is 0. The SMILES string of the molecule is CNC(=O)OC1CC1COCc1ccccc1. The lowest BCUT2D eigenvalue weighted by Gasteiger charge is -2.05. The summed E-state index contributed by atoms with van der Waals surface area (Å²) in [6.07, 6.45) is 0.577. The molecule has 1 aromatic rings. The van der Waals surface area contributed by atoms with Crippen molar-refractivity contribution in [3.05, 3.63) is 35.9 Å². The highest BCUT2D eigenvalue weighted by molar-refractivity contribution is 5.67. The summed E-state index contributed by atoms with van der Waals surface area (Å²) in [7, 11) is 1.56. The summed E-state index contributed by atoms with van der Waals surface area (Å²) in [5.74, 6) is 0.357. The van der Waals surface area contributed by atoms with Crippen molar-refractivity contribution < 1.29 is 14.3 Å². The highest BCUT2D eigenvalue weighted by Gasteiger charge is 2.40. The number of hydrogen-bond donors (Lipinski definition) is 1. The number of amides is 1. The second-order valence-electron chi connectivity index (χ2n) is 4.19. The van der Waals surface area contributed by atoms with Crippen molar-refractivity contribution >= 4 is 6.09 Å². The molecule has 2 atom stereocenters. The molecule has 0 bridgehead atoms. The summed E-state index contributed by atoms with van der Waals surface area (Å²) in [4.78, 5) is 10.9. The molecule has 4 heteroatoms. The number of rotatable bonds is 5. The number of alkyl carbamates (subject to hydrolysis) is 1. The van der Waals surface area contributed by atoms with Gasteiger partial charge < -0.3 is 14.8 Å². The molecule has 0 aliphatic heterocycles. The Labute approximate surface area is 101 Å². The summed E-state index contributed by atoms with van der Waals surface area (Å²) < 4.78 is 10.7. The molecule has 1 saturated carbocycles. The van der Waals surface area contributed by atoms with Gasteiger partial charge in [-0.2, -0.15) is 0 Å². The number of ether oxygens (including phenoxy) is 2. The molecule has 92 valence electrons. The van der Waals surface area contributed by atoms with Crippen molar-refractivity contribution in [1.82, 2.24) is 5.32 Å². The van der Waals surface area contributed by atoms with E-state index in [-0.39, 0.29) is 12.2 Å². The Hall–Kier alpha value is -1.55. The number of hydrogen-bond acceptors (Lipinski definition) is 3. The van der Waals surface area contributed by atoms with Crippen LogP contribution in [-0.4, -0.2) is 25.9 Å². The lowest BCUT2D eigenvalue weighted by molar-refractivity contribution is 0.0879. The fourth-order valence-electron chi connectivity index (χ4n) is 1.64. The minimum absolute atomic E-state index is 0.0331. The van der Waals surface area contributed by atoms with Gasteiger partial charge in [-0.3, -0.25) is 0 Å². The van der Waals surface area contributed by atoms with Gasteiger partial charge in [-0.25, -0.2) is 4.79 Å². The van der Waals surface area contributed by atoms with Crippen molar-refractivity contribution in [3.8, 4) is 0 Å². The van der Waals surface area contributed by atoms with Gasteiger partial charge in [0.1, 0.15) is 6.10 Å². The largest absolute Gasteiger partial charge is 0.446 e. The van der Waals surface area contributed by atoms with E-state index in [4.69, 9.17) is 9.47 Å². The molecule has 1 fully saturated rings. The predicted molar refractivity (Wildman–Crippen MR) is 63.5 cm³/mol. The van der Waals surface area contributed by atoms with Gasteiger partial charge in [-0.15, -0.1) is 0 Å². The number of nitrogens with one attached hydrogen (secondary N) is 1. The highest BCUT2D eigenvalue weighted by atomic mass is 16.6. The monoisotopic (exact) mass is 235 g/mol. The molecule has 1 aliphatic rings. The van der Waals surface area contributed by atoms with Crippen LogP contribution in [0.3, 0.4) is 0 Å². The summed E-state index contributed by atoms with van der Waals surface area (Å²) in [6.45, 7) is 1.26. The van der Waals surface area contributed by atoms with Gasteiger partial charge in [0.25, 0.3) is 0 Å². The Morgan fingerprint density at radius 1 is 1.41 bits per heavy atom. The van der Waals surface area contributed by atoms with E-state index in [0.29, 0.717) is 19.1 Å². The van der Waals surface area contributed by atoms with E-state index in [0.717, 1.165) is 12.0 Å². The first-order valence-corrected chi connectivity index (χ1v) is 5.79.